The van der Waals surface area contributed by atoms with Gasteiger partial charge >= 0.3 is 6.03 Å². The van der Waals surface area contributed by atoms with Gasteiger partial charge in [-0.2, -0.15) is 0 Å². The lowest BCUT2D eigenvalue weighted by Gasteiger charge is -2.32. The Morgan fingerprint density at radius 2 is 1.65 bits per heavy atom. The number of carbonyl (C=O) groups is 1. The number of carbonyl (C=O) groups excluding carboxylic acids is 1. The zero-order chi connectivity index (χ0) is 26.6. The van der Waals surface area contributed by atoms with Crippen LogP contribution in [0.25, 0.3) is 10.9 Å². The molecule has 3 aromatic rings. The molecule has 0 aliphatic carbocycles. The quantitative estimate of drug-likeness (QED) is 0.395. The highest BCUT2D eigenvalue weighted by molar-refractivity contribution is 7.93. The molecule has 4 rings (SSSR count). The van der Waals surface area contributed by atoms with Crippen LogP contribution in [0.1, 0.15) is 18.5 Å². The first-order valence-corrected chi connectivity index (χ1v) is 15.4. The minimum absolute atomic E-state index is 0.209. The van der Waals surface area contributed by atoms with Crippen molar-refractivity contribution in [3.05, 3.63) is 60.3 Å². The smallest absolute Gasteiger partial charge is 0.319 e. The number of fused-ring (bicyclic) bond motifs is 1. The zero-order valence-corrected chi connectivity index (χ0v) is 22.4. The molecule has 0 spiro atoms. The molecule has 3 N–H and O–H groups in total. The van der Waals surface area contributed by atoms with Gasteiger partial charge in [0.15, 0.2) is 9.84 Å². The number of likely N-dealkylation sites (tertiary alicyclic amines) is 1. The van der Waals surface area contributed by atoms with Crippen LogP contribution in [0, 0.1) is 6.92 Å². The van der Waals surface area contributed by atoms with Crippen molar-refractivity contribution in [2.24, 2.45) is 0 Å². The maximum Gasteiger partial charge on any atom is 0.319 e. The SMILES string of the molecule is Cc1cc(NC(=O)NCCN2CCC(NS(=O)(=O)c3ccccc3S(C)(=O)=O)CC2)c2ccccc2n1. The fraction of sp³-hybridized carbons (Fsp3) is 0.360. The van der Waals surface area contributed by atoms with Crippen molar-refractivity contribution < 1.29 is 21.6 Å². The van der Waals surface area contributed by atoms with Crippen molar-refractivity contribution in [3.63, 3.8) is 0 Å². The van der Waals surface area contributed by atoms with E-state index in [0.717, 1.165) is 22.9 Å². The first kappa shape index (κ1) is 27.0. The highest BCUT2D eigenvalue weighted by atomic mass is 32.2. The third-order valence-corrected chi connectivity index (χ3v) is 9.12. The standard InChI is InChI=1S/C25H31N5O5S2/c1-18-17-22(20-7-3-4-8-21(20)27-18)28-25(31)26-13-16-30-14-11-19(12-15-30)29-37(34,35)24-10-6-5-9-23(24)36(2,32)33/h3-10,17,19,29H,11-16H2,1-2H3,(H2,26,27,28,31). The van der Waals surface area contributed by atoms with Crippen LogP contribution in [0.2, 0.25) is 0 Å². The van der Waals surface area contributed by atoms with Crippen LogP contribution >= 0.6 is 0 Å². The van der Waals surface area contributed by atoms with Gasteiger partial charge in [0.1, 0.15) is 4.90 Å². The second-order valence-electron chi connectivity index (χ2n) is 9.17. The van der Waals surface area contributed by atoms with Crippen molar-refractivity contribution in [2.45, 2.75) is 35.6 Å². The van der Waals surface area contributed by atoms with Gasteiger partial charge in [0.2, 0.25) is 10.0 Å². The average Bonchev–Trinajstić information content (AvgIpc) is 2.84. The number of aromatic nitrogens is 1. The van der Waals surface area contributed by atoms with E-state index in [1.165, 1.54) is 24.3 Å². The van der Waals surface area contributed by atoms with Gasteiger partial charge in [-0.3, -0.25) is 4.98 Å². The number of pyridine rings is 1. The predicted molar refractivity (Wildman–Crippen MR) is 143 cm³/mol. The molecule has 2 aromatic carbocycles. The zero-order valence-electron chi connectivity index (χ0n) is 20.8. The molecule has 37 heavy (non-hydrogen) atoms. The van der Waals surface area contributed by atoms with Gasteiger partial charge in [-0.15, -0.1) is 0 Å². The highest BCUT2D eigenvalue weighted by Crippen LogP contribution is 2.23. The second-order valence-corrected chi connectivity index (χ2v) is 12.8. The van der Waals surface area contributed by atoms with E-state index < -0.39 is 19.9 Å². The average molecular weight is 546 g/mol. The maximum atomic E-state index is 12.9. The van der Waals surface area contributed by atoms with E-state index in [1.807, 2.05) is 37.3 Å². The summed E-state index contributed by atoms with van der Waals surface area (Å²) in [5.74, 6) is 0. The van der Waals surface area contributed by atoms with Gasteiger partial charge in [-0.25, -0.2) is 26.4 Å². The lowest BCUT2D eigenvalue weighted by atomic mass is 10.1. The molecule has 10 nitrogen and oxygen atoms in total. The Morgan fingerprint density at radius 1 is 1.00 bits per heavy atom. The molecule has 1 aliphatic rings. The Hall–Kier alpha value is -3.06. The lowest BCUT2D eigenvalue weighted by Crippen LogP contribution is -2.46. The fourth-order valence-corrected chi connectivity index (χ4v) is 7.38. The van der Waals surface area contributed by atoms with Gasteiger partial charge in [-0.05, 0) is 57.1 Å². The van der Waals surface area contributed by atoms with Crippen LogP contribution in [-0.4, -0.2) is 71.2 Å². The second kappa shape index (κ2) is 11.1. The number of hydrogen-bond donors (Lipinski definition) is 3. The number of piperidine rings is 1. The van der Waals surface area contributed by atoms with Gasteiger partial charge in [-0.1, -0.05) is 30.3 Å². The lowest BCUT2D eigenvalue weighted by molar-refractivity contribution is 0.206. The van der Waals surface area contributed by atoms with E-state index in [9.17, 15) is 21.6 Å². The van der Waals surface area contributed by atoms with Gasteiger partial charge < -0.3 is 15.5 Å². The van der Waals surface area contributed by atoms with E-state index in [4.69, 9.17) is 0 Å². The number of para-hydroxylation sites is 1. The Bertz CT molecular complexity index is 1500. The van der Waals surface area contributed by atoms with E-state index in [1.54, 1.807) is 0 Å². The number of nitrogens with zero attached hydrogens (tertiary/aromatic N) is 2. The van der Waals surface area contributed by atoms with Crippen LogP contribution < -0.4 is 15.4 Å². The first-order chi connectivity index (χ1) is 17.5. The summed E-state index contributed by atoms with van der Waals surface area (Å²) < 4.78 is 52.5. The molecule has 12 heteroatoms. The van der Waals surface area contributed by atoms with Gasteiger partial charge in [0.25, 0.3) is 0 Å². The minimum Gasteiger partial charge on any atom is -0.337 e. The number of sulfonamides is 1. The van der Waals surface area contributed by atoms with Crippen molar-refractivity contribution in [2.75, 3.05) is 37.8 Å². The summed E-state index contributed by atoms with van der Waals surface area (Å²) >= 11 is 0. The molecular weight excluding hydrogens is 514 g/mol. The van der Waals surface area contributed by atoms with Crippen molar-refractivity contribution in [3.8, 4) is 0 Å². The summed E-state index contributed by atoms with van der Waals surface area (Å²) in [5, 5.41) is 6.64. The highest BCUT2D eigenvalue weighted by Gasteiger charge is 2.28. The molecule has 1 aliphatic heterocycles. The molecule has 0 unspecified atom stereocenters. The predicted octanol–water partition coefficient (Wildman–Crippen LogP) is 2.51. The van der Waals surface area contributed by atoms with Crippen LogP contribution in [0.3, 0.4) is 0 Å². The summed E-state index contributed by atoms with van der Waals surface area (Å²) in [4.78, 5) is 18.7. The third kappa shape index (κ3) is 6.83. The summed E-state index contributed by atoms with van der Waals surface area (Å²) in [6, 6.07) is 14.5. The number of amides is 2. The minimum atomic E-state index is -3.99. The van der Waals surface area contributed by atoms with Crippen molar-refractivity contribution >= 4 is 42.5 Å². The van der Waals surface area contributed by atoms with E-state index >= 15 is 0 Å². The molecule has 0 radical (unpaired) electrons. The van der Waals surface area contributed by atoms with Crippen LogP contribution in [0.5, 0.6) is 0 Å². The Kier molecular flexibility index (Phi) is 8.12. The van der Waals surface area contributed by atoms with Gasteiger partial charge in [0, 0.05) is 36.5 Å². The largest absolute Gasteiger partial charge is 0.337 e. The van der Waals surface area contributed by atoms with Crippen LogP contribution in [0.4, 0.5) is 10.5 Å². The molecule has 198 valence electrons. The summed E-state index contributed by atoms with van der Waals surface area (Å²) in [5.41, 5.74) is 2.33. The van der Waals surface area contributed by atoms with Gasteiger partial charge in [0.05, 0.1) is 16.1 Å². The molecule has 0 bridgehead atoms. The Balaban J connectivity index is 1.25. The van der Waals surface area contributed by atoms with E-state index in [-0.39, 0.29) is 21.9 Å². The summed E-state index contributed by atoms with van der Waals surface area (Å²) in [6.07, 6.45) is 2.15. The molecule has 0 saturated carbocycles. The van der Waals surface area contributed by atoms with E-state index in [0.29, 0.717) is 44.7 Å². The monoisotopic (exact) mass is 545 g/mol. The third-order valence-electron chi connectivity index (χ3n) is 6.25. The van der Waals surface area contributed by atoms with E-state index in [2.05, 4.69) is 25.2 Å². The topological polar surface area (TPSA) is 138 Å². The van der Waals surface area contributed by atoms with Crippen molar-refractivity contribution in [1.29, 1.82) is 0 Å². The molecule has 1 saturated heterocycles. The summed E-state index contributed by atoms with van der Waals surface area (Å²) in [6.45, 7) is 4.24. The Labute approximate surface area is 217 Å². The normalized spacial score (nSPS) is 15.5. The number of urea groups is 1. The Morgan fingerprint density at radius 3 is 2.35 bits per heavy atom. The molecular formula is C25H31N5O5S2. The molecule has 0 atom stereocenters. The number of hydrogen-bond acceptors (Lipinski definition) is 7. The number of nitrogens with one attached hydrogen (secondary N) is 3. The molecule has 2 heterocycles. The fourth-order valence-electron chi connectivity index (χ4n) is 4.44. The number of anilines is 1. The van der Waals surface area contributed by atoms with Crippen LogP contribution in [-0.2, 0) is 19.9 Å². The number of benzene rings is 2. The summed E-state index contributed by atoms with van der Waals surface area (Å²) in [7, 11) is -7.67. The molecule has 1 fully saturated rings. The van der Waals surface area contributed by atoms with Crippen LogP contribution in [0.15, 0.2) is 64.4 Å². The molecule has 2 amide bonds. The van der Waals surface area contributed by atoms with Crippen molar-refractivity contribution in [1.82, 2.24) is 19.9 Å². The number of sulfone groups is 1. The molecule has 1 aromatic heterocycles. The first-order valence-electron chi connectivity index (χ1n) is 12.0. The number of aryl methyl sites for hydroxylation is 1. The maximum absolute atomic E-state index is 12.9. The number of rotatable bonds is 8.